The van der Waals surface area contributed by atoms with Gasteiger partial charge in [0, 0.05) is 6.07 Å². The molecule has 0 bridgehead atoms. The van der Waals surface area contributed by atoms with Crippen molar-refractivity contribution in [3.63, 3.8) is 0 Å². The van der Waals surface area contributed by atoms with Crippen molar-refractivity contribution in [3.8, 4) is 5.69 Å². The lowest BCUT2D eigenvalue weighted by Crippen LogP contribution is -2.02. The largest absolute Gasteiger partial charge is 0.337 e. The Morgan fingerprint density at radius 1 is 1.22 bits per heavy atom. The van der Waals surface area contributed by atoms with Crippen molar-refractivity contribution in [1.29, 1.82) is 0 Å². The minimum absolute atomic E-state index is 0.0886. The third-order valence-corrected chi connectivity index (χ3v) is 3.31. The number of benzene rings is 1. The van der Waals surface area contributed by atoms with Crippen LogP contribution in [0.5, 0.6) is 0 Å². The molecule has 0 amide bonds. The topological polar surface area (TPSA) is 85.9 Å². The first-order valence-corrected chi connectivity index (χ1v) is 6.73. The lowest BCUT2D eigenvalue weighted by Gasteiger charge is -2.07. The van der Waals surface area contributed by atoms with Gasteiger partial charge in [-0.1, -0.05) is 12.1 Å². The molecule has 1 N–H and O–H groups in total. The highest BCUT2D eigenvalue weighted by Crippen LogP contribution is 2.23. The first-order valence-electron chi connectivity index (χ1n) is 6.73. The standard InChI is InChI=1S/C15H12FN5O2/c1-10-13(19-15-7-6-11(8-17-15)21(22)23)9-18-20(10)14-5-3-2-4-12(14)16/h2-9H,1H3,(H,17,19). The van der Waals surface area contributed by atoms with Crippen LogP contribution in [0.3, 0.4) is 0 Å². The molecule has 0 radical (unpaired) electrons. The zero-order chi connectivity index (χ0) is 16.4. The molecule has 0 fully saturated rings. The smallest absolute Gasteiger partial charge is 0.287 e. The summed E-state index contributed by atoms with van der Waals surface area (Å²) in [5.41, 5.74) is 1.58. The van der Waals surface area contributed by atoms with E-state index < -0.39 is 4.92 Å². The van der Waals surface area contributed by atoms with Gasteiger partial charge < -0.3 is 5.32 Å². The van der Waals surface area contributed by atoms with E-state index in [0.717, 1.165) is 0 Å². The highest BCUT2D eigenvalue weighted by molar-refractivity contribution is 5.59. The van der Waals surface area contributed by atoms with Gasteiger partial charge >= 0.3 is 0 Å². The van der Waals surface area contributed by atoms with Crippen molar-refractivity contribution in [1.82, 2.24) is 14.8 Å². The monoisotopic (exact) mass is 313 g/mol. The molecule has 116 valence electrons. The summed E-state index contributed by atoms with van der Waals surface area (Å²) in [4.78, 5) is 14.1. The van der Waals surface area contributed by atoms with E-state index in [1.165, 1.54) is 29.1 Å². The first-order chi connectivity index (χ1) is 11.1. The zero-order valence-corrected chi connectivity index (χ0v) is 12.1. The van der Waals surface area contributed by atoms with Gasteiger partial charge in [-0.3, -0.25) is 10.1 Å². The molecule has 2 heterocycles. The van der Waals surface area contributed by atoms with Gasteiger partial charge in [-0.25, -0.2) is 14.1 Å². The third-order valence-electron chi connectivity index (χ3n) is 3.31. The number of pyridine rings is 1. The second kappa shape index (κ2) is 5.84. The number of rotatable bonds is 4. The molecule has 0 saturated carbocycles. The maximum absolute atomic E-state index is 13.9. The maximum atomic E-state index is 13.9. The molecule has 0 spiro atoms. The Bertz CT molecular complexity index is 861. The van der Waals surface area contributed by atoms with Crippen LogP contribution in [0.4, 0.5) is 21.6 Å². The van der Waals surface area contributed by atoms with E-state index in [-0.39, 0.29) is 11.5 Å². The number of hydrogen-bond acceptors (Lipinski definition) is 5. The molecule has 0 aliphatic rings. The summed E-state index contributed by atoms with van der Waals surface area (Å²) in [7, 11) is 0. The molecule has 2 aromatic heterocycles. The summed E-state index contributed by atoms with van der Waals surface area (Å²) in [5, 5.41) is 17.8. The van der Waals surface area contributed by atoms with E-state index in [2.05, 4.69) is 15.4 Å². The van der Waals surface area contributed by atoms with Crippen molar-refractivity contribution >= 4 is 17.2 Å². The van der Waals surface area contributed by atoms with Gasteiger partial charge in [-0.2, -0.15) is 5.10 Å². The second-order valence-corrected chi connectivity index (χ2v) is 4.79. The highest BCUT2D eigenvalue weighted by Gasteiger charge is 2.12. The Labute approximate surface area is 130 Å². The molecule has 23 heavy (non-hydrogen) atoms. The fourth-order valence-corrected chi connectivity index (χ4v) is 2.10. The maximum Gasteiger partial charge on any atom is 0.287 e. The Kier molecular flexibility index (Phi) is 3.71. The molecule has 0 atom stereocenters. The first kappa shape index (κ1) is 14.6. The van der Waals surface area contributed by atoms with Gasteiger partial charge in [-0.15, -0.1) is 0 Å². The number of anilines is 2. The fraction of sp³-hybridized carbons (Fsp3) is 0.0667. The molecular formula is C15H12FN5O2. The third kappa shape index (κ3) is 2.86. The molecular weight excluding hydrogens is 301 g/mol. The van der Waals surface area contributed by atoms with Crippen LogP contribution in [-0.2, 0) is 0 Å². The minimum Gasteiger partial charge on any atom is -0.337 e. The van der Waals surface area contributed by atoms with Crippen molar-refractivity contribution in [2.75, 3.05) is 5.32 Å². The molecule has 3 rings (SSSR count). The Balaban J connectivity index is 1.88. The number of para-hydroxylation sites is 1. The number of aromatic nitrogens is 3. The van der Waals surface area contributed by atoms with Gasteiger partial charge in [0.15, 0.2) is 0 Å². The molecule has 0 unspecified atom stereocenters. The van der Waals surface area contributed by atoms with Crippen LogP contribution in [0.2, 0.25) is 0 Å². The van der Waals surface area contributed by atoms with E-state index in [9.17, 15) is 14.5 Å². The fourth-order valence-electron chi connectivity index (χ4n) is 2.10. The van der Waals surface area contributed by atoms with Crippen molar-refractivity contribution in [3.05, 3.63) is 70.4 Å². The van der Waals surface area contributed by atoms with Crippen LogP contribution >= 0.6 is 0 Å². The van der Waals surface area contributed by atoms with Crippen LogP contribution in [0, 0.1) is 22.9 Å². The van der Waals surface area contributed by atoms with Gasteiger partial charge in [0.2, 0.25) is 0 Å². The van der Waals surface area contributed by atoms with E-state index in [1.54, 1.807) is 31.3 Å². The zero-order valence-electron chi connectivity index (χ0n) is 12.1. The van der Waals surface area contributed by atoms with Crippen molar-refractivity contribution in [2.24, 2.45) is 0 Å². The molecule has 3 aromatic rings. The Morgan fingerprint density at radius 3 is 2.65 bits per heavy atom. The molecule has 0 saturated heterocycles. The van der Waals surface area contributed by atoms with E-state index in [1.807, 2.05) is 0 Å². The number of hydrogen-bond donors (Lipinski definition) is 1. The summed E-state index contributed by atoms with van der Waals surface area (Å²) < 4.78 is 15.3. The highest BCUT2D eigenvalue weighted by atomic mass is 19.1. The predicted octanol–water partition coefficient (Wildman–Crippen LogP) is 3.37. The lowest BCUT2D eigenvalue weighted by atomic mass is 10.3. The SMILES string of the molecule is Cc1c(Nc2ccc([N+](=O)[O-])cn2)cnn1-c1ccccc1F. The molecule has 0 aliphatic carbocycles. The van der Waals surface area contributed by atoms with E-state index in [0.29, 0.717) is 22.9 Å². The van der Waals surface area contributed by atoms with Gasteiger partial charge in [0.1, 0.15) is 23.5 Å². The average molecular weight is 313 g/mol. The van der Waals surface area contributed by atoms with Crippen LogP contribution in [0.1, 0.15) is 5.69 Å². The number of nitrogens with zero attached hydrogens (tertiary/aromatic N) is 4. The van der Waals surface area contributed by atoms with Gasteiger partial charge in [0.25, 0.3) is 5.69 Å². The number of halogens is 1. The van der Waals surface area contributed by atoms with Crippen molar-refractivity contribution < 1.29 is 9.31 Å². The number of nitro groups is 1. The average Bonchev–Trinajstić information content (AvgIpc) is 2.89. The van der Waals surface area contributed by atoms with E-state index in [4.69, 9.17) is 0 Å². The van der Waals surface area contributed by atoms with Crippen LogP contribution in [0.25, 0.3) is 5.69 Å². The summed E-state index contributed by atoms with van der Waals surface area (Å²) in [6.07, 6.45) is 2.71. The summed E-state index contributed by atoms with van der Waals surface area (Å²) in [6.45, 7) is 1.78. The summed E-state index contributed by atoms with van der Waals surface area (Å²) in [5.74, 6) is 0.0606. The molecule has 0 aliphatic heterocycles. The Morgan fingerprint density at radius 2 is 2.00 bits per heavy atom. The van der Waals surface area contributed by atoms with Crippen molar-refractivity contribution in [2.45, 2.75) is 6.92 Å². The summed E-state index contributed by atoms with van der Waals surface area (Å²) >= 11 is 0. The van der Waals surface area contributed by atoms with Gasteiger partial charge in [-0.05, 0) is 25.1 Å². The Hall–Kier alpha value is -3.29. The molecule has 1 aromatic carbocycles. The second-order valence-electron chi connectivity index (χ2n) is 4.79. The van der Waals surface area contributed by atoms with Crippen LogP contribution in [-0.4, -0.2) is 19.7 Å². The van der Waals surface area contributed by atoms with Gasteiger partial charge in [0.05, 0.1) is 22.5 Å². The normalized spacial score (nSPS) is 10.5. The number of nitrogens with one attached hydrogen (secondary N) is 1. The summed E-state index contributed by atoms with van der Waals surface area (Å²) in [6, 6.07) is 9.18. The minimum atomic E-state index is -0.516. The van der Waals surface area contributed by atoms with Crippen LogP contribution in [0.15, 0.2) is 48.8 Å². The van der Waals surface area contributed by atoms with Crippen LogP contribution < -0.4 is 5.32 Å². The lowest BCUT2D eigenvalue weighted by molar-refractivity contribution is -0.385. The molecule has 7 nitrogen and oxygen atoms in total. The molecule has 8 heteroatoms. The quantitative estimate of drug-likeness (QED) is 0.589. The van der Waals surface area contributed by atoms with E-state index >= 15 is 0 Å². The predicted molar refractivity (Wildman–Crippen MR) is 82.4 cm³/mol.